The van der Waals surface area contributed by atoms with Gasteiger partial charge >= 0.3 is 0 Å². The molecular formula is C15H15ClN2O. The van der Waals surface area contributed by atoms with Gasteiger partial charge in [0.05, 0.1) is 5.52 Å². The highest BCUT2D eigenvalue weighted by molar-refractivity contribution is 6.31. The maximum absolute atomic E-state index is 12.4. The molecule has 1 aliphatic heterocycles. The van der Waals surface area contributed by atoms with Gasteiger partial charge in [0.1, 0.15) is 5.38 Å². The van der Waals surface area contributed by atoms with Gasteiger partial charge in [-0.2, -0.15) is 0 Å². The summed E-state index contributed by atoms with van der Waals surface area (Å²) >= 11 is 6.38. The Labute approximate surface area is 117 Å². The molecule has 0 aliphatic carbocycles. The number of hydrogen-bond donors (Lipinski definition) is 0. The number of hydrogen-bond acceptors (Lipinski definition) is 2. The van der Waals surface area contributed by atoms with Crippen molar-refractivity contribution in [2.24, 2.45) is 0 Å². The molecule has 2 heterocycles. The van der Waals surface area contributed by atoms with Crippen LogP contribution in [0.25, 0.3) is 10.9 Å². The first-order valence-corrected chi connectivity index (χ1v) is 6.97. The van der Waals surface area contributed by atoms with E-state index < -0.39 is 5.38 Å². The Balaban J connectivity index is 1.97. The summed E-state index contributed by atoms with van der Waals surface area (Å²) in [7, 11) is 0. The Kier molecular flexibility index (Phi) is 3.38. The number of rotatable bonds is 2. The van der Waals surface area contributed by atoms with E-state index in [9.17, 15) is 4.79 Å². The number of carbonyl (C=O) groups is 1. The van der Waals surface area contributed by atoms with E-state index in [1.165, 1.54) is 0 Å². The number of alkyl halides is 1. The van der Waals surface area contributed by atoms with E-state index in [1.807, 2.05) is 35.2 Å². The standard InChI is InChI=1S/C15H15ClN2O/c16-13(15(19)18-9-1-2-10-18)12-7-3-5-11-6-4-8-17-14(11)12/h3-8,13H,1-2,9-10H2. The summed E-state index contributed by atoms with van der Waals surface area (Å²) in [6, 6.07) is 9.66. The molecule has 1 amide bonds. The lowest BCUT2D eigenvalue weighted by Gasteiger charge is -2.19. The summed E-state index contributed by atoms with van der Waals surface area (Å²) in [4.78, 5) is 18.6. The molecule has 0 N–H and O–H groups in total. The van der Waals surface area contributed by atoms with E-state index in [4.69, 9.17) is 11.6 Å². The molecular weight excluding hydrogens is 260 g/mol. The lowest BCUT2D eigenvalue weighted by molar-refractivity contribution is -0.129. The maximum atomic E-state index is 12.4. The third kappa shape index (κ3) is 2.30. The Bertz CT molecular complexity index is 603. The van der Waals surface area contributed by atoms with Gasteiger partial charge < -0.3 is 4.90 Å². The number of likely N-dealkylation sites (tertiary alicyclic amines) is 1. The van der Waals surface area contributed by atoms with Gasteiger partial charge in [-0.05, 0) is 18.9 Å². The van der Waals surface area contributed by atoms with Crippen LogP contribution >= 0.6 is 11.6 Å². The number of benzene rings is 1. The van der Waals surface area contributed by atoms with Gasteiger partial charge in [-0.3, -0.25) is 9.78 Å². The number of fused-ring (bicyclic) bond motifs is 1. The molecule has 1 unspecified atom stereocenters. The lowest BCUT2D eigenvalue weighted by Crippen LogP contribution is -2.30. The molecule has 0 bridgehead atoms. The van der Waals surface area contributed by atoms with Gasteiger partial charge in [-0.15, -0.1) is 11.6 Å². The number of aromatic nitrogens is 1. The van der Waals surface area contributed by atoms with Crippen molar-refractivity contribution in [2.45, 2.75) is 18.2 Å². The van der Waals surface area contributed by atoms with Crippen molar-refractivity contribution >= 4 is 28.4 Å². The Hall–Kier alpha value is -1.61. The summed E-state index contributed by atoms with van der Waals surface area (Å²) in [5.41, 5.74) is 1.62. The zero-order chi connectivity index (χ0) is 13.2. The molecule has 98 valence electrons. The lowest BCUT2D eigenvalue weighted by atomic mass is 10.1. The van der Waals surface area contributed by atoms with Crippen LogP contribution < -0.4 is 0 Å². The first-order chi connectivity index (χ1) is 9.27. The van der Waals surface area contributed by atoms with Gasteiger partial charge in [0.2, 0.25) is 5.91 Å². The second-order valence-electron chi connectivity index (χ2n) is 4.82. The van der Waals surface area contributed by atoms with Gasteiger partial charge in [0.15, 0.2) is 0 Å². The Morgan fingerprint density at radius 2 is 1.95 bits per heavy atom. The van der Waals surface area contributed by atoms with E-state index in [0.29, 0.717) is 0 Å². The van der Waals surface area contributed by atoms with Crippen LogP contribution in [0.1, 0.15) is 23.8 Å². The molecule has 1 aliphatic rings. The van der Waals surface area contributed by atoms with Gasteiger partial charge in [-0.25, -0.2) is 0 Å². The summed E-state index contributed by atoms with van der Waals surface area (Å²) in [5.74, 6) is -0.00248. The van der Waals surface area contributed by atoms with Crippen molar-refractivity contribution < 1.29 is 4.79 Å². The highest BCUT2D eigenvalue weighted by Crippen LogP contribution is 2.29. The van der Waals surface area contributed by atoms with Crippen LogP contribution in [0.4, 0.5) is 0 Å². The van der Waals surface area contributed by atoms with Crippen molar-refractivity contribution in [3.8, 4) is 0 Å². The molecule has 1 aromatic heterocycles. The van der Waals surface area contributed by atoms with Crippen molar-refractivity contribution in [2.75, 3.05) is 13.1 Å². The minimum atomic E-state index is -0.642. The highest BCUT2D eigenvalue weighted by atomic mass is 35.5. The molecule has 1 aromatic carbocycles. The van der Waals surface area contributed by atoms with Crippen molar-refractivity contribution in [3.05, 3.63) is 42.1 Å². The molecule has 19 heavy (non-hydrogen) atoms. The zero-order valence-corrected chi connectivity index (χ0v) is 11.3. The third-order valence-corrected chi connectivity index (χ3v) is 3.99. The van der Waals surface area contributed by atoms with E-state index in [1.54, 1.807) is 6.20 Å². The number of amides is 1. The van der Waals surface area contributed by atoms with Crippen molar-refractivity contribution in [1.82, 2.24) is 9.88 Å². The van der Waals surface area contributed by atoms with Crippen LogP contribution in [-0.2, 0) is 4.79 Å². The summed E-state index contributed by atoms with van der Waals surface area (Å²) in [5, 5.41) is 0.372. The molecule has 3 nitrogen and oxygen atoms in total. The fraction of sp³-hybridized carbons (Fsp3) is 0.333. The normalized spacial score (nSPS) is 16.8. The summed E-state index contributed by atoms with van der Waals surface area (Å²) in [6.07, 6.45) is 3.88. The second kappa shape index (κ2) is 5.17. The second-order valence-corrected chi connectivity index (χ2v) is 5.25. The van der Waals surface area contributed by atoms with Gasteiger partial charge in [0, 0.05) is 30.2 Å². The molecule has 0 spiro atoms. The quantitative estimate of drug-likeness (QED) is 0.788. The molecule has 1 saturated heterocycles. The highest BCUT2D eigenvalue weighted by Gasteiger charge is 2.27. The number of halogens is 1. The van der Waals surface area contributed by atoms with Gasteiger partial charge in [0.25, 0.3) is 0 Å². The van der Waals surface area contributed by atoms with E-state index >= 15 is 0 Å². The van der Waals surface area contributed by atoms with Gasteiger partial charge in [-0.1, -0.05) is 24.3 Å². The first kappa shape index (κ1) is 12.4. The molecule has 0 radical (unpaired) electrons. The van der Waals surface area contributed by atoms with Crippen LogP contribution in [0, 0.1) is 0 Å². The molecule has 0 saturated carbocycles. The monoisotopic (exact) mass is 274 g/mol. The Morgan fingerprint density at radius 1 is 1.21 bits per heavy atom. The molecule has 3 rings (SSSR count). The summed E-state index contributed by atoms with van der Waals surface area (Å²) in [6.45, 7) is 1.64. The average Bonchev–Trinajstić information content (AvgIpc) is 2.99. The SMILES string of the molecule is O=C(C(Cl)c1cccc2cccnc12)N1CCCC1. The maximum Gasteiger partial charge on any atom is 0.245 e. The fourth-order valence-corrected chi connectivity index (χ4v) is 2.88. The number of pyridine rings is 1. The molecule has 4 heteroatoms. The fourth-order valence-electron chi connectivity index (χ4n) is 2.56. The van der Waals surface area contributed by atoms with Crippen LogP contribution in [0.2, 0.25) is 0 Å². The largest absolute Gasteiger partial charge is 0.341 e. The molecule has 1 fully saturated rings. The van der Waals surface area contributed by atoms with E-state index in [-0.39, 0.29) is 5.91 Å². The Morgan fingerprint density at radius 3 is 2.74 bits per heavy atom. The zero-order valence-electron chi connectivity index (χ0n) is 10.6. The minimum absolute atomic E-state index is 0.00248. The van der Waals surface area contributed by atoms with Crippen LogP contribution in [0.3, 0.4) is 0 Å². The third-order valence-electron chi connectivity index (χ3n) is 3.57. The smallest absolute Gasteiger partial charge is 0.245 e. The van der Waals surface area contributed by atoms with E-state index in [0.717, 1.165) is 42.4 Å². The predicted octanol–water partition coefficient (Wildman–Crippen LogP) is 3.14. The minimum Gasteiger partial charge on any atom is -0.341 e. The van der Waals surface area contributed by atoms with Crippen LogP contribution in [0.15, 0.2) is 36.5 Å². The first-order valence-electron chi connectivity index (χ1n) is 6.54. The van der Waals surface area contributed by atoms with Crippen molar-refractivity contribution in [1.29, 1.82) is 0 Å². The number of para-hydroxylation sites is 1. The summed E-state index contributed by atoms with van der Waals surface area (Å²) < 4.78 is 0. The predicted molar refractivity (Wildman–Crippen MR) is 76.2 cm³/mol. The van der Waals surface area contributed by atoms with Crippen LogP contribution in [-0.4, -0.2) is 28.9 Å². The van der Waals surface area contributed by atoms with E-state index in [2.05, 4.69) is 4.98 Å². The molecule has 2 aromatic rings. The molecule has 1 atom stereocenters. The average molecular weight is 275 g/mol. The number of nitrogens with zero attached hydrogens (tertiary/aromatic N) is 2. The van der Waals surface area contributed by atoms with Crippen LogP contribution in [0.5, 0.6) is 0 Å². The number of carbonyl (C=O) groups excluding carboxylic acids is 1. The van der Waals surface area contributed by atoms with Crippen molar-refractivity contribution in [3.63, 3.8) is 0 Å². The topological polar surface area (TPSA) is 33.2 Å².